The van der Waals surface area contributed by atoms with Crippen LogP contribution in [0.2, 0.25) is 5.02 Å². The summed E-state index contributed by atoms with van der Waals surface area (Å²) in [6, 6.07) is 15.3. The average Bonchev–Trinajstić information content (AvgIpc) is 3.43. The van der Waals surface area contributed by atoms with E-state index in [0.717, 1.165) is 12.0 Å². The van der Waals surface area contributed by atoms with Gasteiger partial charge in [-0.05, 0) is 48.1 Å². The molecule has 5 atom stereocenters. The molecule has 1 heterocycles. The normalized spacial score (nSPS) is 27.4. The van der Waals surface area contributed by atoms with E-state index in [4.69, 9.17) is 11.6 Å². The van der Waals surface area contributed by atoms with Gasteiger partial charge in [-0.25, -0.2) is 0 Å². The number of rotatable bonds is 5. The number of allylic oxidation sites excluding steroid dienone is 2. The van der Waals surface area contributed by atoms with Crippen molar-refractivity contribution < 1.29 is 14.4 Å². The fraction of sp³-hybridized carbons (Fsp3) is 0.292. The Morgan fingerprint density at radius 1 is 0.967 bits per heavy atom. The van der Waals surface area contributed by atoms with Crippen LogP contribution < -0.4 is 5.32 Å². The van der Waals surface area contributed by atoms with Gasteiger partial charge in [-0.1, -0.05) is 54.1 Å². The van der Waals surface area contributed by atoms with Crippen LogP contribution in [-0.2, 0) is 20.8 Å². The molecule has 2 bridgehead atoms. The number of nitrogens with zero attached hydrogens (tertiary/aromatic N) is 1. The number of likely N-dealkylation sites (tertiary alicyclic amines) is 1. The second-order valence-corrected chi connectivity index (χ2v) is 8.68. The smallest absolute Gasteiger partial charge is 0.248 e. The molecule has 30 heavy (non-hydrogen) atoms. The first-order valence-electron chi connectivity index (χ1n) is 10.2. The third-order valence-corrected chi connectivity index (χ3v) is 6.75. The number of carbonyl (C=O) groups excluding carboxylic acids is 3. The van der Waals surface area contributed by atoms with Gasteiger partial charge in [0.1, 0.15) is 6.04 Å². The standard InChI is InChI=1S/C24H21ClN2O3/c25-17-8-10-18(11-9-17)26-22(28)19(12-14-4-2-1-3-5-14)27-23(29)20-15-6-7-16(13-15)21(20)24(27)30/h1-11,15-16,19-21H,12-13H2,(H,26,28). The van der Waals surface area contributed by atoms with Gasteiger partial charge in [0.2, 0.25) is 17.7 Å². The quantitative estimate of drug-likeness (QED) is 0.592. The van der Waals surface area contributed by atoms with Crippen molar-refractivity contribution in [3.8, 4) is 0 Å². The van der Waals surface area contributed by atoms with Crippen molar-refractivity contribution in [1.29, 1.82) is 0 Å². The second kappa shape index (κ2) is 7.40. The van der Waals surface area contributed by atoms with E-state index in [1.165, 1.54) is 4.90 Å². The minimum absolute atomic E-state index is 0.109. The molecular formula is C24H21ClN2O3. The van der Waals surface area contributed by atoms with Gasteiger partial charge >= 0.3 is 0 Å². The molecule has 2 aromatic rings. The highest BCUT2D eigenvalue weighted by Crippen LogP contribution is 2.53. The number of hydrogen-bond acceptors (Lipinski definition) is 3. The van der Waals surface area contributed by atoms with Crippen LogP contribution in [0.4, 0.5) is 5.69 Å². The minimum atomic E-state index is -0.895. The topological polar surface area (TPSA) is 66.5 Å². The summed E-state index contributed by atoms with van der Waals surface area (Å²) in [4.78, 5) is 41.1. The monoisotopic (exact) mass is 420 g/mol. The van der Waals surface area contributed by atoms with Crippen molar-refractivity contribution in [3.05, 3.63) is 77.3 Å². The minimum Gasteiger partial charge on any atom is -0.324 e. The average molecular weight is 421 g/mol. The van der Waals surface area contributed by atoms with Crippen LogP contribution in [0.15, 0.2) is 66.7 Å². The molecule has 1 N–H and O–H groups in total. The molecule has 1 saturated carbocycles. The fourth-order valence-electron chi connectivity index (χ4n) is 5.13. The molecule has 5 nitrogen and oxygen atoms in total. The summed E-state index contributed by atoms with van der Waals surface area (Å²) < 4.78 is 0. The van der Waals surface area contributed by atoms with E-state index in [0.29, 0.717) is 10.7 Å². The van der Waals surface area contributed by atoms with Gasteiger partial charge in [-0.15, -0.1) is 0 Å². The summed E-state index contributed by atoms with van der Waals surface area (Å²) in [5.74, 6) is -1.23. The largest absolute Gasteiger partial charge is 0.324 e. The summed E-state index contributed by atoms with van der Waals surface area (Å²) >= 11 is 5.93. The van der Waals surface area contributed by atoms with Crippen LogP contribution in [0.5, 0.6) is 0 Å². The van der Waals surface area contributed by atoms with Crippen LogP contribution in [0.25, 0.3) is 0 Å². The van der Waals surface area contributed by atoms with Gasteiger partial charge in [0, 0.05) is 17.1 Å². The number of fused-ring (bicyclic) bond motifs is 5. The third-order valence-electron chi connectivity index (χ3n) is 6.50. The lowest BCUT2D eigenvalue weighted by molar-refractivity contribution is -0.147. The van der Waals surface area contributed by atoms with Crippen LogP contribution in [0.3, 0.4) is 0 Å². The van der Waals surface area contributed by atoms with E-state index in [1.807, 2.05) is 30.3 Å². The maximum Gasteiger partial charge on any atom is 0.248 e. The molecule has 1 aliphatic heterocycles. The fourth-order valence-corrected chi connectivity index (χ4v) is 5.26. The Bertz CT molecular complexity index is 1000. The first-order chi connectivity index (χ1) is 14.5. The first kappa shape index (κ1) is 19.1. The number of amides is 3. The molecular weight excluding hydrogens is 400 g/mol. The van der Waals surface area contributed by atoms with Gasteiger partial charge in [0.05, 0.1) is 11.8 Å². The molecule has 3 amide bonds. The van der Waals surface area contributed by atoms with Gasteiger partial charge < -0.3 is 5.32 Å². The summed E-state index contributed by atoms with van der Waals surface area (Å²) in [7, 11) is 0. The van der Waals surface area contributed by atoms with Crippen molar-refractivity contribution in [2.45, 2.75) is 18.9 Å². The molecule has 2 aliphatic carbocycles. The Morgan fingerprint density at radius 2 is 1.57 bits per heavy atom. The van der Waals surface area contributed by atoms with E-state index in [9.17, 15) is 14.4 Å². The van der Waals surface area contributed by atoms with E-state index in [2.05, 4.69) is 17.5 Å². The highest BCUT2D eigenvalue weighted by Gasteiger charge is 2.61. The maximum atomic E-state index is 13.3. The Labute approximate surface area is 179 Å². The molecule has 2 aromatic carbocycles. The molecule has 152 valence electrons. The van der Waals surface area contributed by atoms with Crippen molar-refractivity contribution in [2.75, 3.05) is 5.32 Å². The van der Waals surface area contributed by atoms with E-state index >= 15 is 0 Å². The van der Waals surface area contributed by atoms with E-state index in [-0.39, 0.29) is 47.8 Å². The number of imide groups is 1. The van der Waals surface area contributed by atoms with Crippen LogP contribution in [0, 0.1) is 23.7 Å². The number of carbonyl (C=O) groups is 3. The van der Waals surface area contributed by atoms with Crippen molar-refractivity contribution in [2.24, 2.45) is 23.7 Å². The van der Waals surface area contributed by atoms with Crippen LogP contribution in [-0.4, -0.2) is 28.7 Å². The number of benzene rings is 2. The van der Waals surface area contributed by atoms with E-state index in [1.54, 1.807) is 24.3 Å². The van der Waals surface area contributed by atoms with Gasteiger partial charge in [-0.2, -0.15) is 0 Å². The van der Waals surface area contributed by atoms with Gasteiger partial charge in [0.25, 0.3) is 0 Å². The van der Waals surface area contributed by atoms with Crippen LogP contribution in [0.1, 0.15) is 12.0 Å². The lowest BCUT2D eigenvalue weighted by Gasteiger charge is -2.27. The summed E-state index contributed by atoms with van der Waals surface area (Å²) in [5, 5.41) is 3.42. The van der Waals surface area contributed by atoms with Crippen LogP contribution >= 0.6 is 11.6 Å². The Morgan fingerprint density at radius 3 is 2.17 bits per heavy atom. The summed E-state index contributed by atoms with van der Waals surface area (Å²) in [5.41, 5.74) is 1.47. The summed E-state index contributed by atoms with van der Waals surface area (Å²) in [6.45, 7) is 0. The zero-order chi connectivity index (χ0) is 20.8. The zero-order valence-corrected chi connectivity index (χ0v) is 17.0. The molecule has 5 rings (SSSR count). The van der Waals surface area contributed by atoms with Gasteiger partial charge in [0.15, 0.2) is 0 Å². The van der Waals surface area contributed by atoms with Gasteiger partial charge in [-0.3, -0.25) is 19.3 Å². The van der Waals surface area contributed by atoms with E-state index < -0.39 is 6.04 Å². The number of halogens is 1. The SMILES string of the molecule is O=C(Nc1ccc(Cl)cc1)C(Cc1ccccc1)N1C(=O)C2C3C=CC(C3)C2C1=O. The molecule has 6 heteroatoms. The predicted molar refractivity (Wildman–Crippen MR) is 114 cm³/mol. The lowest BCUT2D eigenvalue weighted by atomic mass is 9.85. The van der Waals surface area contributed by atoms with Crippen molar-refractivity contribution >= 4 is 35.0 Å². The molecule has 0 radical (unpaired) electrons. The molecule has 1 saturated heterocycles. The Balaban J connectivity index is 1.45. The third kappa shape index (κ3) is 3.14. The van der Waals surface area contributed by atoms with Crippen molar-refractivity contribution in [3.63, 3.8) is 0 Å². The molecule has 0 spiro atoms. The highest BCUT2D eigenvalue weighted by molar-refractivity contribution is 6.30. The summed E-state index contributed by atoms with van der Waals surface area (Å²) in [6.07, 6.45) is 5.25. The Hall–Kier alpha value is -2.92. The molecule has 0 aromatic heterocycles. The predicted octanol–water partition coefficient (Wildman–Crippen LogP) is 3.70. The lowest BCUT2D eigenvalue weighted by Crippen LogP contribution is -2.49. The van der Waals surface area contributed by atoms with Crippen molar-refractivity contribution in [1.82, 2.24) is 4.90 Å². The molecule has 2 fully saturated rings. The molecule has 5 unspecified atom stereocenters. The number of anilines is 1. The maximum absolute atomic E-state index is 13.3. The first-order valence-corrected chi connectivity index (χ1v) is 10.6. The number of nitrogens with one attached hydrogen (secondary N) is 1. The zero-order valence-electron chi connectivity index (χ0n) is 16.2. The second-order valence-electron chi connectivity index (χ2n) is 8.25. The molecule has 3 aliphatic rings. The number of hydrogen-bond donors (Lipinski definition) is 1. The highest BCUT2D eigenvalue weighted by atomic mass is 35.5. The Kier molecular flexibility index (Phi) is 4.70.